The van der Waals surface area contributed by atoms with Gasteiger partial charge in [0.2, 0.25) is 5.78 Å². The zero-order chi connectivity index (χ0) is 31.2. The lowest BCUT2D eigenvalue weighted by Crippen LogP contribution is -2.72. The second-order valence-electron chi connectivity index (χ2n) is 13.2. The Morgan fingerprint density at radius 1 is 1.17 bits per heavy atom. The molecule has 6 N–H and O–H groups in total. The van der Waals surface area contributed by atoms with E-state index < -0.39 is 62.5 Å². The number of Topliss-reactive ketones (excluding diaryl/α,β-unsaturated/α-hetero) is 2. The summed E-state index contributed by atoms with van der Waals surface area (Å²) in [5.74, 6) is -5.09. The summed E-state index contributed by atoms with van der Waals surface area (Å²) in [7, 11) is 4.53. The number of aliphatic hydroxyl groups excluding tert-OH is 2. The number of nitrogens with zero attached hydrogens (tertiary/aromatic N) is 2. The predicted molar refractivity (Wildman–Crippen MR) is 151 cm³/mol. The Bertz CT molecular complexity index is 1500. The number of amides is 1. The molecule has 0 unspecified atom stereocenters. The Morgan fingerprint density at radius 3 is 2.24 bits per heavy atom. The monoisotopic (exact) mass is 569 g/mol. The van der Waals surface area contributed by atoms with Crippen molar-refractivity contribution in [1.29, 1.82) is 0 Å². The van der Waals surface area contributed by atoms with Crippen LogP contribution in [0.1, 0.15) is 70.2 Å². The second kappa shape index (κ2) is 9.15. The third-order valence-corrected chi connectivity index (χ3v) is 9.06. The summed E-state index contributed by atoms with van der Waals surface area (Å²) in [5, 5.41) is 50.8. The van der Waals surface area contributed by atoms with Gasteiger partial charge in [-0.1, -0.05) is 39.8 Å². The second-order valence-corrected chi connectivity index (χ2v) is 13.2. The number of rotatable bonds is 4. The number of oxime groups is 1. The highest BCUT2D eigenvalue weighted by molar-refractivity contribution is 6.25. The van der Waals surface area contributed by atoms with E-state index in [1.54, 1.807) is 34.0 Å². The van der Waals surface area contributed by atoms with Gasteiger partial charge in [-0.15, -0.1) is 0 Å². The number of benzene rings is 1. The molecule has 3 aliphatic carbocycles. The third-order valence-electron chi connectivity index (χ3n) is 9.06. The van der Waals surface area contributed by atoms with Gasteiger partial charge in [-0.3, -0.25) is 19.3 Å². The molecule has 1 aromatic carbocycles. The first-order chi connectivity index (χ1) is 18.7. The first-order valence-electron chi connectivity index (χ1n) is 13.3. The van der Waals surface area contributed by atoms with Crippen LogP contribution in [0.5, 0.6) is 5.75 Å². The number of nitrogens with two attached hydrogens (primary N) is 1. The normalized spacial score (nSPS) is 30.3. The van der Waals surface area contributed by atoms with Crippen LogP contribution in [0.4, 0.5) is 0 Å². The topological polar surface area (TPSA) is 183 Å². The first kappa shape index (κ1) is 30.3. The average molecular weight is 570 g/mol. The van der Waals surface area contributed by atoms with Crippen molar-refractivity contribution in [3.8, 4) is 5.75 Å². The van der Waals surface area contributed by atoms with Crippen molar-refractivity contribution in [1.82, 2.24) is 4.90 Å². The van der Waals surface area contributed by atoms with Crippen LogP contribution in [0.2, 0.25) is 0 Å². The van der Waals surface area contributed by atoms with Crippen LogP contribution in [0.25, 0.3) is 5.76 Å². The Kier molecular flexibility index (Phi) is 6.76. The Balaban J connectivity index is 2.15. The highest BCUT2D eigenvalue weighted by Gasteiger charge is 2.72. The fourth-order valence-electron chi connectivity index (χ4n) is 7.47. The molecule has 11 nitrogen and oxygen atoms in total. The molecule has 0 saturated heterocycles. The SMILES string of the molecule is CO/N=C(/C)c1cc(C(C)(C)C)c(O)c2c1C[C@@]1(C)C[C@@]3(C)[C@H](N(C)C)C(=O)C(C(N)=O)=C(O)[C@@]3(O)C(=O)C1=C2O. The molecule has 11 heteroatoms. The maximum atomic E-state index is 14.4. The van der Waals surface area contributed by atoms with Gasteiger partial charge < -0.3 is 31.0 Å². The summed E-state index contributed by atoms with van der Waals surface area (Å²) in [6, 6.07) is 0.571. The lowest BCUT2D eigenvalue weighted by molar-refractivity contribution is -0.176. The van der Waals surface area contributed by atoms with Crippen molar-refractivity contribution < 1.29 is 39.6 Å². The molecule has 0 aliphatic heterocycles. The number of likely N-dealkylation sites (N-methyl/N-ethyl adjacent to an activating group) is 1. The van der Waals surface area contributed by atoms with Gasteiger partial charge in [0.1, 0.15) is 30.0 Å². The van der Waals surface area contributed by atoms with E-state index in [0.29, 0.717) is 22.4 Å². The molecule has 0 radical (unpaired) electrons. The fourth-order valence-corrected chi connectivity index (χ4v) is 7.47. The van der Waals surface area contributed by atoms with E-state index in [9.17, 15) is 34.8 Å². The number of hydrogen-bond donors (Lipinski definition) is 5. The number of fused-ring (bicyclic) bond motifs is 3. The van der Waals surface area contributed by atoms with Crippen LogP contribution >= 0.6 is 0 Å². The smallest absolute Gasteiger partial charge is 0.255 e. The third kappa shape index (κ3) is 3.85. The van der Waals surface area contributed by atoms with Crippen LogP contribution in [-0.4, -0.2) is 81.4 Å². The van der Waals surface area contributed by atoms with Gasteiger partial charge in [0.05, 0.1) is 17.3 Å². The van der Waals surface area contributed by atoms with Gasteiger partial charge in [-0.2, -0.15) is 0 Å². The highest BCUT2D eigenvalue weighted by atomic mass is 16.6. The minimum Gasteiger partial charge on any atom is -0.508 e. The van der Waals surface area contributed by atoms with Crippen LogP contribution in [-0.2, 0) is 31.1 Å². The maximum Gasteiger partial charge on any atom is 0.255 e. The van der Waals surface area contributed by atoms with Gasteiger partial charge >= 0.3 is 0 Å². The zero-order valence-electron chi connectivity index (χ0n) is 25.0. The van der Waals surface area contributed by atoms with Gasteiger partial charge in [-0.05, 0) is 50.9 Å². The van der Waals surface area contributed by atoms with E-state index in [2.05, 4.69) is 5.16 Å². The lowest BCUT2D eigenvalue weighted by Gasteiger charge is -2.59. The lowest BCUT2D eigenvalue weighted by atomic mass is 9.46. The molecule has 4 rings (SSSR count). The molecule has 41 heavy (non-hydrogen) atoms. The summed E-state index contributed by atoms with van der Waals surface area (Å²) in [6.07, 6.45) is 0.0535. The summed E-state index contributed by atoms with van der Waals surface area (Å²) < 4.78 is 0. The standard InChI is InChI=1S/C30H39N3O8/c1-13(32-41-9)14-10-16(27(2,3)4)20(34)17-15(14)11-28(5)12-29(6)23(33(7)8)22(36)18(26(31)39)24(37)30(29,40)25(38)19(28)21(17)35/h10,23,34-35,37,40H,11-12H2,1-9H3,(H2,31,39)/b32-13-/t23-,28+,29+,30-/m1/s1. The molecule has 0 heterocycles. The summed E-state index contributed by atoms with van der Waals surface area (Å²) in [4.78, 5) is 46.8. The number of phenols is 1. The van der Waals surface area contributed by atoms with E-state index in [1.165, 1.54) is 18.9 Å². The quantitative estimate of drug-likeness (QED) is 0.206. The number of primary amides is 1. The first-order valence-corrected chi connectivity index (χ1v) is 13.3. The number of aliphatic hydroxyl groups is 3. The number of carbonyl (C=O) groups excluding carboxylic acids is 3. The molecular weight excluding hydrogens is 530 g/mol. The molecule has 0 aromatic heterocycles. The van der Waals surface area contributed by atoms with E-state index in [4.69, 9.17) is 10.6 Å². The largest absolute Gasteiger partial charge is 0.508 e. The van der Waals surface area contributed by atoms with Gasteiger partial charge in [-0.25, -0.2) is 0 Å². The van der Waals surface area contributed by atoms with Crippen LogP contribution < -0.4 is 5.73 Å². The molecule has 222 valence electrons. The van der Waals surface area contributed by atoms with Crippen molar-refractivity contribution in [3.63, 3.8) is 0 Å². The molecule has 3 aliphatic rings. The van der Waals surface area contributed by atoms with Crippen LogP contribution in [0, 0.1) is 10.8 Å². The molecule has 0 bridgehead atoms. The molecule has 1 amide bonds. The number of ketones is 2. The van der Waals surface area contributed by atoms with Crippen molar-refractivity contribution in [2.45, 2.75) is 71.4 Å². The minimum atomic E-state index is -2.77. The highest BCUT2D eigenvalue weighted by Crippen LogP contribution is 2.63. The van der Waals surface area contributed by atoms with Crippen molar-refractivity contribution >= 4 is 28.9 Å². The van der Waals surface area contributed by atoms with Gasteiger partial charge in [0, 0.05) is 27.5 Å². The van der Waals surface area contributed by atoms with E-state index in [0.717, 1.165) is 0 Å². The maximum absolute atomic E-state index is 14.4. The van der Waals surface area contributed by atoms with Crippen molar-refractivity contribution in [3.05, 3.63) is 45.2 Å². The van der Waals surface area contributed by atoms with E-state index in [-0.39, 0.29) is 29.7 Å². The van der Waals surface area contributed by atoms with Gasteiger partial charge in [0.15, 0.2) is 11.4 Å². The summed E-state index contributed by atoms with van der Waals surface area (Å²) >= 11 is 0. The molecule has 1 aromatic rings. The minimum absolute atomic E-state index is 0.0146. The van der Waals surface area contributed by atoms with Crippen LogP contribution in [0.3, 0.4) is 0 Å². The van der Waals surface area contributed by atoms with Crippen molar-refractivity contribution in [2.24, 2.45) is 21.7 Å². The molecule has 0 spiro atoms. The Morgan fingerprint density at radius 2 is 1.76 bits per heavy atom. The molecule has 4 atom stereocenters. The predicted octanol–water partition coefficient (Wildman–Crippen LogP) is 2.41. The van der Waals surface area contributed by atoms with Crippen LogP contribution in [0.15, 0.2) is 28.1 Å². The number of carbonyl (C=O) groups is 3. The average Bonchev–Trinajstić information content (AvgIpc) is 2.80. The molecule has 1 saturated carbocycles. The van der Waals surface area contributed by atoms with Crippen molar-refractivity contribution in [2.75, 3.05) is 21.2 Å². The molecular formula is C30H39N3O8. The Labute approximate surface area is 239 Å². The number of aromatic hydroxyl groups is 1. The number of hydrogen-bond acceptors (Lipinski definition) is 10. The summed E-state index contributed by atoms with van der Waals surface area (Å²) in [6.45, 7) is 10.6. The van der Waals surface area contributed by atoms with E-state index >= 15 is 0 Å². The summed E-state index contributed by atoms with van der Waals surface area (Å²) in [5.41, 5.74) is 0.269. The molecule has 1 fully saturated rings. The van der Waals surface area contributed by atoms with E-state index in [1.807, 2.05) is 20.8 Å². The Hall–Kier alpha value is -3.70. The number of phenolic OH excluding ortho intramolecular Hbond substituents is 1. The zero-order valence-corrected chi connectivity index (χ0v) is 25.0. The fraction of sp³-hybridized carbons (Fsp3) is 0.533. The van der Waals surface area contributed by atoms with Gasteiger partial charge in [0.25, 0.3) is 5.91 Å².